The van der Waals surface area contributed by atoms with Crippen LogP contribution < -0.4 is 11.1 Å². The molecule has 3 aromatic rings. The van der Waals surface area contributed by atoms with Gasteiger partial charge in [-0.15, -0.1) is 0 Å². The Labute approximate surface area is 143 Å². The number of aromatic amines is 1. The zero-order chi connectivity index (χ0) is 16.8. The Kier molecular flexibility index (Phi) is 3.21. The number of nitrogens with zero attached hydrogens (tertiary/aromatic N) is 2. The number of halogens is 1. The average Bonchev–Trinajstić information content (AvgIpc) is 2.81. The van der Waals surface area contributed by atoms with E-state index >= 15 is 0 Å². The number of benzene rings is 2. The van der Waals surface area contributed by atoms with Crippen LogP contribution in [0, 0.1) is 6.92 Å². The van der Waals surface area contributed by atoms with E-state index in [-0.39, 0.29) is 11.4 Å². The van der Waals surface area contributed by atoms with Crippen molar-refractivity contribution in [1.29, 1.82) is 0 Å². The first-order valence-corrected chi connectivity index (χ1v) is 7.71. The first kappa shape index (κ1) is 14.6. The summed E-state index contributed by atoms with van der Waals surface area (Å²) in [5.41, 5.74) is 10.5. The van der Waals surface area contributed by atoms with Gasteiger partial charge in [0.15, 0.2) is 5.82 Å². The van der Waals surface area contributed by atoms with E-state index in [0.717, 1.165) is 16.8 Å². The molecule has 0 aliphatic carbocycles. The van der Waals surface area contributed by atoms with E-state index in [1.807, 2.05) is 31.2 Å². The number of nitrogens with one attached hydrogen (secondary N) is 2. The lowest BCUT2D eigenvalue weighted by molar-refractivity contribution is 0.478. The molecular weight excluding hydrogens is 326 g/mol. The van der Waals surface area contributed by atoms with Gasteiger partial charge in [0.1, 0.15) is 11.4 Å². The molecule has 5 N–H and O–H groups in total. The van der Waals surface area contributed by atoms with Gasteiger partial charge in [-0.2, -0.15) is 5.10 Å². The smallest absolute Gasteiger partial charge is 0.178 e. The molecule has 0 amide bonds. The Morgan fingerprint density at radius 1 is 1.17 bits per heavy atom. The number of phenols is 1. The molecule has 0 fully saturated rings. The third kappa shape index (κ3) is 2.19. The Morgan fingerprint density at radius 3 is 2.75 bits per heavy atom. The molecule has 0 spiro atoms. The van der Waals surface area contributed by atoms with E-state index in [1.54, 1.807) is 12.1 Å². The zero-order valence-electron chi connectivity index (χ0n) is 12.8. The van der Waals surface area contributed by atoms with Gasteiger partial charge in [-0.05, 0) is 19.1 Å². The lowest BCUT2D eigenvalue weighted by Crippen LogP contribution is -2.07. The SMILES string of the molecule is Cc1[nH]nc2c1N=C(c1ccccc1Cl)c1cc(N)c(O)cc1N2. The highest BCUT2D eigenvalue weighted by Gasteiger charge is 2.23. The van der Waals surface area contributed by atoms with Crippen molar-refractivity contribution in [1.82, 2.24) is 10.2 Å². The number of aromatic nitrogens is 2. The summed E-state index contributed by atoms with van der Waals surface area (Å²) in [5.74, 6) is 0.579. The minimum Gasteiger partial charge on any atom is -0.506 e. The fourth-order valence-corrected chi connectivity index (χ4v) is 2.93. The maximum Gasteiger partial charge on any atom is 0.178 e. The van der Waals surface area contributed by atoms with E-state index in [4.69, 9.17) is 22.3 Å². The highest BCUT2D eigenvalue weighted by atomic mass is 35.5. The van der Waals surface area contributed by atoms with Gasteiger partial charge in [-0.25, -0.2) is 4.99 Å². The lowest BCUT2D eigenvalue weighted by Gasteiger charge is -2.13. The number of anilines is 3. The summed E-state index contributed by atoms with van der Waals surface area (Å²) in [5, 5.41) is 20.9. The summed E-state index contributed by atoms with van der Waals surface area (Å²) in [4.78, 5) is 4.78. The van der Waals surface area contributed by atoms with Crippen LogP contribution in [-0.4, -0.2) is 21.0 Å². The van der Waals surface area contributed by atoms with Crippen LogP contribution >= 0.6 is 11.6 Å². The van der Waals surface area contributed by atoms with Crippen LogP contribution in [0.4, 0.5) is 22.9 Å². The van der Waals surface area contributed by atoms with Crippen LogP contribution in [0.1, 0.15) is 16.8 Å². The number of rotatable bonds is 1. The van der Waals surface area contributed by atoms with Crippen molar-refractivity contribution < 1.29 is 5.11 Å². The first-order chi connectivity index (χ1) is 11.5. The zero-order valence-corrected chi connectivity index (χ0v) is 13.5. The molecule has 0 atom stereocenters. The van der Waals surface area contributed by atoms with Crippen molar-refractivity contribution in [2.75, 3.05) is 11.1 Å². The quantitative estimate of drug-likeness (QED) is 0.312. The Morgan fingerprint density at radius 2 is 1.96 bits per heavy atom. The molecule has 1 aromatic heterocycles. The maximum absolute atomic E-state index is 9.97. The number of fused-ring (bicyclic) bond motifs is 2. The lowest BCUT2D eigenvalue weighted by atomic mass is 9.99. The number of aromatic hydroxyl groups is 1. The molecule has 0 radical (unpaired) electrons. The topological polar surface area (TPSA) is 99.3 Å². The Balaban J connectivity index is 2.06. The van der Waals surface area contributed by atoms with Crippen molar-refractivity contribution >= 4 is 40.2 Å². The molecule has 0 saturated carbocycles. The minimum atomic E-state index is -0.00420. The van der Waals surface area contributed by atoms with Crippen molar-refractivity contribution in [2.45, 2.75) is 6.92 Å². The van der Waals surface area contributed by atoms with E-state index in [0.29, 0.717) is 27.9 Å². The van der Waals surface area contributed by atoms with Crippen molar-refractivity contribution in [2.24, 2.45) is 4.99 Å². The van der Waals surface area contributed by atoms with Crippen molar-refractivity contribution in [3.63, 3.8) is 0 Å². The van der Waals surface area contributed by atoms with Gasteiger partial charge in [0.2, 0.25) is 0 Å². The van der Waals surface area contributed by atoms with Crippen LogP contribution in [0.25, 0.3) is 0 Å². The summed E-state index contributed by atoms with van der Waals surface area (Å²) in [6.45, 7) is 1.89. The van der Waals surface area contributed by atoms with E-state index < -0.39 is 0 Å². The molecule has 4 rings (SSSR count). The molecule has 7 heteroatoms. The van der Waals surface area contributed by atoms with E-state index in [2.05, 4.69) is 15.5 Å². The molecule has 0 saturated heterocycles. The van der Waals surface area contributed by atoms with Gasteiger partial charge in [0.05, 0.1) is 22.8 Å². The summed E-state index contributed by atoms with van der Waals surface area (Å²) in [7, 11) is 0. The number of hydrogen-bond donors (Lipinski definition) is 4. The molecule has 1 aliphatic heterocycles. The second-order valence-electron chi connectivity index (χ2n) is 5.57. The van der Waals surface area contributed by atoms with Crippen molar-refractivity contribution in [3.8, 4) is 5.75 Å². The standard InChI is InChI=1S/C17H14ClN5O/c1-8-15-17(23-22-8)20-13-7-14(24)12(19)6-10(13)16(21-15)9-4-2-3-5-11(9)18/h2-7,24H,19H2,1H3,(H2,20,22,23). The average molecular weight is 340 g/mol. The normalized spacial score (nSPS) is 12.7. The molecule has 1 aliphatic rings. The number of aryl methyl sites for hydroxylation is 1. The molecule has 24 heavy (non-hydrogen) atoms. The van der Waals surface area contributed by atoms with Gasteiger partial charge in [0.25, 0.3) is 0 Å². The first-order valence-electron chi connectivity index (χ1n) is 7.33. The third-order valence-corrected chi connectivity index (χ3v) is 4.27. The highest BCUT2D eigenvalue weighted by Crippen LogP contribution is 2.40. The fraction of sp³-hybridized carbons (Fsp3) is 0.0588. The number of hydrogen-bond acceptors (Lipinski definition) is 5. The molecule has 0 unspecified atom stereocenters. The molecule has 120 valence electrons. The predicted octanol–water partition coefficient (Wildman–Crippen LogP) is 3.89. The Hall–Kier alpha value is -2.99. The number of nitrogen functional groups attached to an aromatic ring is 1. The van der Waals surface area contributed by atoms with Gasteiger partial charge >= 0.3 is 0 Å². The van der Waals surface area contributed by atoms with Gasteiger partial charge in [0, 0.05) is 22.2 Å². The number of aliphatic imine (C=N–C) groups is 1. The maximum atomic E-state index is 9.97. The second kappa shape index (κ2) is 5.28. The summed E-state index contributed by atoms with van der Waals surface area (Å²) >= 11 is 6.38. The minimum absolute atomic E-state index is 0.00420. The van der Waals surface area contributed by atoms with Gasteiger partial charge < -0.3 is 16.2 Å². The van der Waals surface area contributed by atoms with Crippen LogP contribution in [0.2, 0.25) is 5.02 Å². The molecular formula is C17H14ClN5O. The van der Waals surface area contributed by atoms with Gasteiger partial charge in [-0.1, -0.05) is 29.8 Å². The molecule has 2 aromatic carbocycles. The number of nitrogens with two attached hydrogens (primary N) is 1. The van der Waals surface area contributed by atoms with Crippen LogP contribution in [0.3, 0.4) is 0 Å². The fourth-order valence-electron chi connectivity index (χ4n) is 2.71. The summed E-state index contributed by atoms with van der Waals surface area (Å²) < 4.78 is 0. The number of H-pyrrole nitrogens is 1. The van der Waals surface area contributed by atoms with Crippen LogP contribution in [-0.2, 0) is 0 Å². The summed E-state index contributed by atoms with van der Waals surface area (Å²) in [6, 6.07) is 10.7. The summed E-state index contributed by atoms with van der Waals surface area (Å²) in [6.07, 6.45) is 0. The van der Waals surface area contributed by atoms with Crippen molar-refractivity contribution in [3.05, 3.63) is 58.2 Å². The molecule has 2 heterocycles. The van der Waals surface area contributed by atoms with Gasteiger partial charge in [-0.3, -0.25) is 5.10 Å². The largest absolute Gasteiger partial charge is 0.506 e. The van der Waals surface area contributed by atoms with E-state index in [9.17, 15) is 5.11 Å². The predicted molar refractivity (Wildman–Crippen MR) is 95.9 cm³/mol. The van der Waals surface area contributed by atoms with E-state index in [1.165, 1.54) is 0 Å². The Bertz CT molecular complexity index is 993. The monoisotopic (exact) mass is 339 g/mol. The highest BCUT2D eigenvalue weighted by molar-refractivity contribution is 6.36. The second-order valence-corrected chi connectivity index (χ2v) is 5.97. The molecule has 0 bridgehead atoms. The van der Waals surface area contributed by atoms with Crippen LogP contribution in [0.5, 0.6) is 5.75 Å². The molecule has 6 nitrogen and oxygen atoms in total. The number of phenolic OH excluding ortho intramolecular Hbond substituents is 1. The van der Waals surface area contributed by atoms with Crippen LogP contribution in [0.15, 0.2) is 41.4 Å². The third-order valence-electron chi connectivity index (χ3n) is 3.94.